The zero-order chi connectivity index (χ0) is 15.9. The van der Waals surface area contributed by atoms with E-state index in [1.54, 1.807) is 36.4 Å². The number of aromatic amines is 1. The molecule has 0 amide bonds. The maximum atomic E-state index is 12.3. The molecule has 5 nitrogen and oxygen atoms in total. The lowest BCUT2D eigenvalue weighted by Crippen LogP contribution is -2.29. The molecule has 0 spiro atoms. The molecule has 0 aliphatic carbocycles. The summed E-state index contributed by atoms with van der Waals surface area (Å²) in [7, 11) is 0. The van der Waals surface area contributed by atoms with Crippen LogP contribution in [0.1, 0.15) is 11.1 Å². The zero-order valence-electron chi connectivity index (χ0n) is 11.6. The third kappa shape index (κ3) is 2.20. The molecule has 0 aliphatic rings. The van der Waals surface area contributed by atoms with Crippen molar-refractivity contribution in [2.24, 2.45) is 0 Å². The fourth-order valence-corrected chi connectivity index (χ4v) is 2.54. The van der Waals surface area contributed by atoms with Gasteiger partial charge in [0.15, 0.2) is 0 Å². The summed E-state index contributed by atoms with van der Waals surface area (Å²) in [6.07, 6.45) is 0. The number of halogens is 1. The third-order valence-electron chi connectivity index (χ3n) is 3.45. The molecular weight excluding hydrogens is 302 g/mol. The van der Waals surface area contributed by atoms with Crippen LogP contribution in [0.5, 0.6) is 0 Å². The highest BCUT2D eigenvalue weighted by Gasteiger charge is 2.12. The molecule has 2 aromatic carbocycles. The van der Waals surface area contributed by atoms with E-state index in [0.717, 1.165) is 5.56 Å². The number of hydrogen-bond donors (Lipinski definition) is 1. The van der Waals surface area contributed by atoms with Crippen LogP contribution in [0, 0.1) is 18.3 Å². The van der Waals surface area contributed by atoms with Crippen LogP contribution in [0.15, 0.2) is 46.0 Å². The molecule has 0 aliphatic heterocycles. The standard InChI is InChI=1S/C16H10ClN3O2/c1-9-2-3-10(8-18)6-13(9)20-14-7-11(17)4-5-12(14)15(21)19-16(20)22/h2-7H,1H3,(H,19,21,22). The molecule has 0 atom stereocenters. The van der Waals surface area contributed by atoms with Crippen molar-refractivity contribution in [2.45, 2.75) is 6.92 Å². The van der Waals surface area contributed by atoms with Crippen molar-refractivity contribution in [1.29, 1.82) is 5.26 Å². The molecule has 3 rings (SSSR count). The number of aryl methyl sites for hydroxylation is 1. The largest absolute Gasteiger partial charge is 0.333 e. The molecule has 0 unspecified atom stereocenters. The third-order valence-corrected chi connectivity index (χ3v) is 3.68. The Hall–Kier alpha value is -2.84. The van der Waals surface area contributed by atoms with E-state index in [-0.39, 0.29) is 0 Å². The first-order chi connectivity index (χ1) is 10.5. The van der Waals surface area contributed by atoms with E-state index in [4.69, 9.17) is 16.9 Å². The molecule has 3 aromatic rings. The van der Waals surface area contributed by atoms with Crippen molar-refractivity contribution < 1.29 is 0 Å². The van der Waals surface area contributed by atoms with Crippen LogP contribution >= 0.6 is 11.6 Å². The molecule has 108 valence electrons. The van der Waals surface area contributed by atoms with E-state index in [1.165, 1.54) is 4.57 Å². The van der Waals surface area contributed by atoms with Crippen LogP contribution < -0.4 is 11.2 Å². The monoisotopic (exact) mass is 311 g/mol. The predicted molar refractivity (Wildman–Crippen MR) is 84.6 cm³/mol. The van der Waals surface area contributed by atoms with Crippen LogP contribution in [0.4, 0.5) is 0 Å². The number of H-pyrrole nitrogens is 1. The Balaban J connectivity index is 2.52. The van der Waals surface area contributed by atoms with E-state index >= 15 is 0 Å². The minimum Gasteiger partial charge on any atom is -0.273 e. The van der Waals surface area contributed by atoms with Crippen LogP contribution in [0.3, 0.4) is 0 Å². The molecule has 1 heterocycles. The molecule has 0 saturated carbocycles. The quantitative estimate of drug-likeness (QED) is 0.750. The van der Waals surface area contributed by atoms with Gasteiger partial charge in [0.05, 0.1) is 28.2 Å². The summed E-state index contributed by atoms with van der Waals surface area (Å²) in [4.78, 5) is 26.5. The van der Waals surface area contributed by atoms with E-state index in [2.05, 4.69) is 4.98 Å². The topological polar surface area (TPSA) is 78.7 Å². The summed E-state index contributed by atoms with van der Waals surface area (Å²) in [6.45, 7) is 1.82. The van der Waals surface area contributed by atoms with Gasteiger partial charge in [-0.05, 0) is 42.8 Å². The van der Waals surface area contributed by atoms with Gasteiger partial charge < -0.3 is 0 Å². The first-order valence-corrected chi connectivity index (χ1v) is 6.85. The van der Waals surface area contributed by atoms with Crippen LogP contribution in [-0.4, -0.2) is 9.55 Å². The lowest BCUT2D eigenvalue weighted by atomic mass is 10.1. The van der Waals surface area contributed by atoms with E-state index < -0.39 is 11.2 Å². The summed E-state index contributed by atoms with van der Waals surface area (Å²) in [6, 6.07) is 11.8. The number of fused-ring (bicyclic) bond motifs is 1. The molecule has 0 saturated heterocycles. The molecule has 22 heavy (non-hydrogen) atoms. The molecular formula is C16H10ClN3O2. The lowest BCUT2D eigenvalue weighted by molar-refractivity contribution is 0.934. The van der Waals surface area contributed by atoms with E-state index in [1.807, 2.05) is 13.0 Å². The Morgan fingerprint density at radius 3 is 2.68 bits per heavy atom. The van der Waals surface area contributed by atoms with Crippen molar-refractivity contribution in [3.63, 3.8) is 0 Å². The average molecular weight is 312 g/mol. The highest BCUT2D eigenvalue weighted by atomic mass is 35.5. The van der Waals surface area contributed by atoms with E-state index in [9.17, 15) is 9.59 Å². The SMILES string of the molecule is Cc1ccc(C#N)cc1-n1c(=O)[nH]c(=O)c2ccc(Cl)cc21. The normalized spacial score (nSPS) is 10.6. The Morgan fingerprint density at radius 1 is 1.18 bits per heavy atom. The van der Waals surface area contributed by atoms with Gasteiger partial charge in [-0.1, -0.05) is 17.7 Å². The highest BCUT2D eigenvalue weighted by molar-refractivity contribution is 6.31. The van der Waals surface area contributed by atoms with Gasteiger partial charge in [0.25, 0.3) is 5.56 Å². The minimum atomic E-state index is -0.571. The van der Waals surface area contributed by atoms with Gasteiger partial charge >= 0.3 is 5.69 Å². The van der Waals surface area contributed by atoms with Gasteiger partial charge in [-0.3, -0.25) is 14.3 Å². The number of hydrogen-bond acceptors (Lipinski definition) is 3. The Labute approximate surface area is 130 Å². The highest BCUT2D eigenvalue weighted by Crippen LogP contribution is 2.21. The molecule has 0 fully saturated rings. The summed E-state index contributed by atoms with van der Waals surface area (Å²) in [5.41, 5.74) is 1.12. The first-order valence-electron chi connectivity index (χ1n) is 6.47. The second-order valence-electron chi connectivity index (χ2n) is 4.87. The molecule has 1 aromatic heterocycles. The van der Waals surface area contributed by atoms with Crippen molar-refractivity contribution in [2.75, 3.05) is 0 Å². The van der Waals surface area contributed by atoms with Gasteiger partial charge in [-0.25, -0.2) is 4.79 Å². The molecule has 1 N–H and O–H groups in total. The Kier molecular flexibility index (Phi) is 3.32. The minimum absolute atomic E-state index is 0.353. The van der Waals surface area contributed by atoms with Gasteiger partial charge in [0, 0.05) is 5.02 Å². The number of nitriles is 1. The van der Waals surface area contributed by atoms with Crippen LogP contribution in [0.25, 0.3) is 16.6 Å². The first kappa shape index (κ1) is 14.1. The van der Waals surface area contributed by atoms with Gasteiger partial charge in [0.2, 0.25) is 0 Å². The van der Waals surface area contributed by atoms with Crippen molar-refractivity contribution in [1.82, 2.24) is 9.55 Å². The smallest absolute Gasteiger partial charge is 0.273 e. The van der Waals surface area contributed by atoms with E-state index in [0.29, 0.717) is 27.2 Å². The van der Waals surface area contributed by atoms with Crippen molar-refractivity contribution in [3.05, 3.63) is 73.4 Å². The second-order valence-corrected chi connectivity index (χ2v) is 5.31. The Morgan fingerprint density at radius 2 is 1.95 bits per heavy atom. The maximum absolute atomic E-state index is 12.3. The van der Waals surface area contributed by atoms with Gasteiger partial charge in [0.1, 0.15) is 0 Å². The van der Waals surface area contributed by atoms with Crippen molar-refractivity contribution in [3.8, 4) is 11.8 Å². The van der Waals surface area contributed by atoms with Crippen LogP contribution in [0.2, 0.25) is 5.02 Å². The lowest BCUT2D eigenvalue weighted by Gasteiger charge is -2.12. The summed E-state index contributed by atoms with van der Waals surface area (Å²) >= 11 is 6.00. The number of nitrogens with zero attached hydrogens (tertiary/aromatic N) is 2. The zero-order valence-corrected chi connectivity index (χ0v) is 12.3. The number of aromatic nitrogens is 2. The number of nitrogens with one attached hydrogen (secondary N) is 1. The fraction of sp³-hybridized carbons (Fsp3) is 0.0625. The van der Waals surface area contributed by atoms with Gasteiger partial charge in [-0.2, -0.15) is 5.26 Å². The summed E-state index contributed by atoms with van der Waals surface area (Å²) in [5.74, 6) is 0. The number of rotatable bonds is 1. The molecule has 0 bridgehead atoms. The predicted octanol–water partition coefficient (Wildman–Crippen LogP) is 2.51. The Bertz CT molecular complexity index is 1060. The van der Waals surface area contributed by atoms with Crippen molar-refractivity contribution >= 4 is 22.5 Å². The second kappa shape index (κ2) is 5.17. The summed E-state index contributed by atoms with van der Waals surface area (Å²) < 4.78 is 1.36. The van der Waals surface area contributed by atoms with Crippen LogP contribution in [-0.2, 0) is 0 Å². The molecule has 0 radical (unpaired) electrons. The van der Waals surface area contributed by atoms with Gasteiger partial charge in [-0.15, -0.1) is 0 Å². The average Bonchev–Trinajstić information content (AvgIpc) is 2.48. The fourth-order valence-electron chi connectivity index (χ4n) is 2.37. The number of benzene rings is 2. The summed E-state index contributed by atoms with van der Waals surface area (Å²) in [5, 5.41) is 9.82. The molecule has 6 heteroatoms. The maximum Gasteiger partial charge on any atom is 0.333 e.